The third-order valence-electron chi connectivity index (χ3n) is 2.89. The number of hydrogen-bond donors (Lipinski definition) is 2. The van der Waals surface area contributed by atoms with Crippen LogP contribution in [-0.4, -0.2) is 36.3 Å². The van der Waals surface area contributed by atoms with Crippen LogP contribution in [0, 0.1) is 0 Å². The number of benzene rings is 1. The first-order valence-electron chi connectivity index (χ1n) is 5.62. The first-order valence-corrected chi connectivity index (χ1v) is 6.41. The van der Waals surface area contributed by atoms with Crippen LogP contribution >= 0.6 is 15.9 Å². The van der Waals surface area contributed by atoms with Crippen molar-refractivity contribution >= 4 is 27.7 Å². The second-order valence-corrected chi connectivity index (χ2v) is 5.10. The molecule has 0 radical (unpaired) electrons. The normalized spacial score (nSPS) is 18.6. The van der Waals surface area contributed by atoms with Crippen LogP contribution in [0.25, 0.3) is 0 Å². The summed E-state index contributed by atoms with van der Waals surface area (Å²) in [6.07, 6.45) is 0. The lowest BCUT2D eigenvalue weighted by molar-refractivity contribution is -0.137. The van der Waals surface area contributed by atoms with Crippen LogP contribution in [0.1, 0.15) is 11.6 Å². The van der Waals surface area contributed by atoms with Gasteiger partial charge in [-0.1, -0.05) is 28.1 Å². The molecular weight excluding hydrogens is 298 g/mol. The van der Waals surface area contributed by atoms with E-state index in [2.05, 4.69) is 21.2 Å². The fourth-order valence-electron chi connectivity index (χ4n) is 2.06. The van der Waals surface area contributed by atoms with Crippen molar-refractivity contribution in [1.82, 2.24) is 10.2 Å². The highest BCUT2D eigenvalue weighted by Gasteiger charge is 2.28. The number of amides is 2. The van der Waals surface area contributed by atoms with Gasteiger partial charge < -0.3 is 5.73 Å². The summed E-state index contributed by atoms with van der Waals surface area (Å²) in [5, 5.41) is 2.28. The molecule has 0 spiro atoms. The molecule has 1 aromatic rings. The van der Waals surface area contributed by atoms with Crippen molar-refractivity contribution in [2.24, 2.45) is 5.73 Å². The van der Waals surface area contributed by atoms with Crippen molar-refractivity contribution in [3.05, 3.63) is 34.3 Å². The maximum Gasteiger partial charge on any atom is 0.240 e. The van der Waals surface area contributed by atoms with Gasteiger partial charge in [-0.05, 0) is 17.7 Å². The van der Waals surface area contributed by atoms with E-state index in [9.17, 15) is 9.59 Å². The summed E-state index contributed by atoms with van der Waals surface area (Å²) >= 11 is 3.37. The van der Waals surface area contributed by atoms with Crippen molar-refractivity contribution in [2.45, 2.75) is 6.04 Å². The third-order valence-corrected chi connectivity index (χ3v) is 3.42. The molecule has 0 aromatic heterocycles. The maximum atomic E-state index is 11.4. The Balaban J connectivity index is 2.20. The molecular formula is C12H14BrN3O2. The van der Waals surface area contributed by atoms with Gasteiger partial charge in [-0.15, -0.1) is 0 Å². The molecule has 5 nitrogen and oxygen atoms in total. The van der Waals surface area contributed by atoms with Crippen molar-refractivity contribution in [3.63, 3.8) is 0 Å². The van der Waals surface area contributed by atoms with Gasteiger partial charge in [0.15, 0.2) is 0 Å². The summed E-state index contributed by atoms with van der Waals surface area (Å²) in [6, 6.07) is 7.61. The molecule has 0 aliphatic carbocycles. The lowest BCUT2D eigenvalue weighted by Gasteiger charge is -2.32. The van der Waals surface area contributed by atoms with Gasteiger partial charge in [0.05, 0.1) is 13.1 Å². The maximum absolute atomic E-state index is 11.4. The second-order valence-electron chi connectivity index (χ2n) is 4.18. The number of nitrogens with two attached hydrogens (primary N) is 1. The molecule has 1 unspecified atom stereocenters. The molecule has 6 heteroatoms. The monoisotopic (exact) mass is 311 g/mol. The van der Waals surface area contributed by atoms with Crippen LogP contribution in [0.4, 0.5) is 0 Å². The van der Waals surface area contributed by atoms with Gasteiger partial charge >= 0.3 is 0 Å². The fourth-order valence-corrected chi connectivity index (χ4v) is 2.32. The number of imide groups is 1. The molecule has 3 N–H and O–H groups in total. The Morgan fingerprint density at radius 2 is 1.78 bits per heavy atom. The standard InChI is InChI=1S/C12H14BrN3O2/c13-9-3-1-8(2-4-9)10(5-14)16-6-11(17)15-12(18)7-16/h1-4,10H,5-7,14H2,(H,15,17,18). The van der Waals surface area contributed by atoms with Crippen LogP contribution < -0.4 is 11.1 Å². The third kappa shape index (κ3) is 2.95. The van der Waals surface area contributed by atoms with Crippen LogP contribution in [0.3, 0.4) is 0 Å². The Labute approximate surface area is 113 Å². The quantitative estimate of drug-likeness (QED) is 0.793. The number of nitrogens with zero attached hydrogens (tertiary/aromatic N) is 1. The number of rotatable bonds is 3. The smallest absolute Gasteiger partial charge is 0.240 e. The lowest BCUT2D eigenvalue weighted by Crippen LogP contribution is -2.53. The second kappa shape index (κ2) is 5.60. The van der Waals surface area contributed by atoms with Gasteiger partial charge in [-0.25, -0.2) is 0 Å². The summed E-state index contributed by atoms with van der Waals surface area (Å²) in [4.78, 5) is 24.5. The van der Waals surface area contributed by atoms with E-state index in [1.807, 2.05) is 24.3 Å². The van der Waals surface area contributed by atoms with E-state index in [-0.39, 0.29) is 30.9 Å². The molecule has 96 valence electrons. The molecule has 0 saturated carbocycles. The molecule has 2 amide bonds. The number of carbonyl (C=O) groups excluding carboxylic acids is 2. The van der Waals surface area contributed by atoms with E-state index in [1.54, 1.807) is 4.90 Å². The van der Waals surface area contributed by atoms with E-state index in [0.29, 0.717) is 6.54 Å². The first-order chi connectivity index (χ1) is 8.60. The molecule has 18 heavy (non-hydrogen) atoms. The molecule has 2 rings (SSSR count). The zero-order chi connectivity index (χ0) is 13.1. The molecule has 1 atom stereocenters. The minimum Gasteiger partial charge on any atom is -0.329 e. The molecule has 1 saturated heterocycles. The minimum absolute atomic E-state index is 0.117. The highest BCUT2D eigenvalue weighted by Crippen LogP contribution is 2.22. The molecule has 1 fully saturated rings. The average Bonchev–Trinajstić information content (AvgIpc) is 2.31. The zero-order valence-electron chi connectivity index (χ0n) is 9.73. The van der Waals surface area contributed by atoms with Gasteiger partial charge in [0.25, 0.3) is 0 Å². The summed E-state index contributed by atoms with van der Waals surface area (Å²) in [7, 11) is 0. The van der Waals surface area contributed by atoms with Crippen molar-refractivity contribution < 1.29 is 9.59 Å². The Kier molecular flexibility index (Phi) is 4.11. The highest BCUT2D eigenvalue weighted by atomic mass is 79.9. The molecule has 1 aromatic carbocycles. The number of halogens is 1. The van der Waals surface area contributed by atoms with Crippen molar-refractivity contribution in [2.75, 3.05) is 19.6 Å². The summed E-state index contributed by atoms with van der Waals surface area (Å²) < 4.78 is 0.981. The highest BCUT2D eigenvalue weighted by molar-refractivity contribution is 9.10. The fraction of sp³-hybridized carbons (Fsp3) is 0.333. The molecule has 1 heterocycles. The minimum atomic E-state index is -0.276. The van der Waals surface area contributed by atoms with E-state index >= 15 is 0 Å². The van der Waals surface area contributed by atoms with Crippen LogP contribution in [0.2, 0.25) is 0 Å². The molecule has 1 aliphatic heterocycles. The molecule has 0 bridgehead atoms. The van der Waals surface area contributed by atoms with Gasteiger partial charge in [0.2, 0.25) is 11.8 Å². The Morgan fingerprint density at radius 1 is 1.22 bits per heavy atom. The first kappa shape index (κ1) is 13.2. The van der Waals surface area contributed by atoms with Gasteiger partial charge in [-0.3, -0.25) is 19.8 Å². The number of hydrogen-bond acceptors (Lipinski definition) is 4. The Hall–Kier alpha value is -1.24. The predicted octanol–water partition coefficient (Wildman–Crippen LogP) is 0.407. The van der Waals surface area contributed by atoms with Gasteiger partial charge in [0.1, 0.15) is 0 Å². The average molecular weight is 312 g/mol. The van der Waals surface area contributed by atoms with Crippen molar-refractivity contribution in [1.29, 1.82) is 0 Å². The number of nitrogens with one attached hydrogen (secondary N) is 1. The van der Waals surface area contributed by atoms with Crippen molar-refractivity contribution in [3.8, 4) is 0 Å². The summed E-state index contributed by atoms with van der Waals surface area (Å²) in [5.74, 6) is -0.552. The van der Waals surface area contributed by atoms with Gasteiger partial charge in [0, 0.05) is 17.1 Å². The van der Waals surface area contributed by atoms with E-state index in [0.717, 1.165) is 10.0 Å². The van der Waals surface area contributed by atoms with Crippen LogP contribution in [0.15, 0.2) is 28.7 Å². The summed E-state index contributed by atoms with van der Waals surface area (Å²) in [6.45, 7) is 0.759. The predicted molar refractivity (Wildman–Crippen MR) is 70.7 cm³/mol. The van der Waals surface area contributed by atoms with Crippen LogP contribution in [-0.2, 0) is 9.59 Å². The van der Waals surface area contributed by atoms with Gasteiger partial charge in [-0.2, -0.15) is 0 Å². The Morgan fingerprint density at radius 3 is 2.28 bits per heavy atom. The Bertz CT molecular complexity index is 445. The van der Waals surface area contributed by atoms with E-state index in [4.69, 9.17) is 5.73 Å². The lowest BCUT2D eigenvalue weighted by atomic mass is 10.0. The van der Waals surface area contributed by atoms with E-state index in [1.165, 1.54) is 0 Å². The summed E-state index contributed by atoms with van der Waals surface area (Å²) in [5.41, 5.74) is 6.77. The van der Waals surface area contributed by atoms with E-state index < -0.39 is 0 Å². The number of carbonyl (C=O) groups is 2. The number of piperazine rings is 1. The largest absolute Gasteiger partial charge is 0.329 e. The topological polar surface area (TPSA) is 75.4 Å². The SMILES string of the molecule is NCC(c1ccc(Br)cc1)N1CC(=O)NC(=O)C1. The zero-order valence-corrected chi connectivity index (χ0v) is 11.3. The van der Waals surface area contributed by atoms with Crippen LogP contribution in [0.5, 0.6) is 0 Å². The molecule has 1 aliphatic rings.